The van der Waals surface area contributed by atoms with E-state index in [-0.39, 0.29) is 18.1 Å². The molecule has 0 N–H and O–H groups in total. The summed E-state index contributed by atoms with van der Waals surface area (Å²) in [5.41, 5.74) is 0.778. The Morgan fingerprint density at radius 3 is 2.90 bits per heavy atom. The minimum atomic E-state index is 0.155. The molecule has 4 nitrogen and oxygen atoms in total. The highest BCUT2D eigenvalue weighted by molar-refractivity contribution is 5.93. The van der Waals surface area contributed by atoms with Gasteiger partial charge in [-0.05, 0) is 30.9 Å². The lowest BCUT2D eigenvalue weighted by atomic mass is 10.1. The Morgan fingerprint density at radius 2 is 2.25 bits per heavy atom. The number of hydrogen-bond donors (Lipinski definition) is 0. The Morgan fingerprint density at radius 1 is 1.45 bits per heavy atom. The Kier molecular flexibility index (Phi) is 3.59. The number of piperidine rings is 1. The molecule has 0 radical (unpaired) electrons. The summed E-state index contributed by atoms with van der Waals surface area (Å²) < 4.78 is 7.98. The second kappa shape index (κ2) is 5.24. The second-order valence-electron chi connectivity index (χ2n) is 6.56. The van der Waals surface area contributed by atoms with Crippen LogP contribution in [0.4, 0.5) is 0 Å². The van der Waals surface area contributed by atoms with Gasteiger partial charge in [-0.2, -0.15) is 0 Å². The fourth-order valence-corrected chi connectivity index (χ4v) is 3.56. The molecule has 0 aromatic carbocycles. The Hall–Kier alpha value is -1.29. The van der Waals surface area contributed by atoms with Crippen molar-refractivity contribution in [1.82, 2.24) is 9.47 Å². The highest BCUT2D eigenvalue weighted by Crippen LogP contribution is 2.40. The number of carbonyl (C=O) groups excluding carboxylic acids is 1. The van der Waals surface area contributed by atoms with E-state index >= 15 is 0 Å². The summed E-state index contributed by atoms with van der Waals surface area (Å²) in [4.78, 5) is 14.7. The van der Waals surface area contributed by atoms with Crippen LogP contribution in [0.25, 0.3) is 0 Å². The van der Waals surface area contributed by atoms with E-state index < -0.39 is 0 Å². The molecule has 1 saturated heterocycles. The molecule has 1 aliphatic carbocycles. The van der Waals surface area contributed by atoms with Gasteiger partial charge in [0.25, 0.3) is 5.91 Å². The van der Waals surface area contributed by atoms with Crippen LogP contribution in [0.3, 0.4) is 0 Å². The number of carbonyl (C=O) groups is 1. The molecule has 2 fully saturated rings. The summed E-state index contributed by atoms with van der Waals surface area (Å²) >= 11 is 0. The normalized spacial score (nSPS) is 28.6. The average molecular weight is 276 g/mol. The van der Waals surface area contributed by atoms with Gasteiger partial charge >= 0.3 is 0 Å². The van der Waals surface area contributed by atoms with Crippen molar-refractivity contribution in [3.8, 4) is 0 Å². The number of likely N-dealkylation sites (tertiary alicyclic amines) is 1. The molecule has 4 heteroatoms. The fraction of sp³-hybridized carbons (Fsp3) is 0.688. The molecule has 3 rings (SSSR count). The van der Waals surface area contributed by atoms with Crippen LogP contribution in [0.5, 0.6) is 0 Å². The molecule has 0 spiro atoms. The molecule has 1 amide bonds. The largest absolute Gasteiger partial charge is 0.375 e. The van der Waals surface area contributed by atoms with Crippen molar-refractivity contribution in [2.45, 2.75) is 38.8 Å². The molecule has 1 aromatic rings. The van der Waals surface area contributed by atoms with Gasteiger partial charge in [-0.1, -0.05) is 13.8 Å². The second-order valence-corrected chi connectivity index (χ2v) is 6.56. The molecule has 110 valence electrons. The SMILES string of the molecule is CC(C)COC1C2CCC1N(C(=O)c1cccn1C)C2. The number of aromatic nitrogens is 1. The van der Waals surface area contributed by atoms with Crippen LogP contribution in [-0.2, 0) is 11.8 Å². The Labute approximate surface area is 120 Å². The van der Waals surface area contributed by atoms with Crippen molar-refractivity contribution in [1.29, 1.82) is 0 Å². The minimum Gasteiger partial charge on any atom is -0.375 e. The standard InChI is InChI=1S/C16H24N2O2/c1-11(2)10-20-15-12-6-7-13(15)18(9-12)16(19)14-5-4-8-17(14)3/h4-5,8,11-13,15H,6-7,9-10H2,1-3H3. The van der Waals surface area contributed by atoms with Gasteiger partial charge in [-0.25, -0.2) is 0 Å². The van der Waals surface area contributed by atoms with Crippen LogP contribution in [0.1, 0.15) is 37.2 Å². The molecule has 1 aromatic heterocycles. The Bertz CT molecular complexity index is 494. The molecule has 3 unspecified atom stereocenters. The first-order chi connectivity index (χ1) is 9.58. The van der Waals surface area contributed by atoms with Crippen molar-refractivity contribution in [2.75, 3.05) is 13.2 Å². The molecular formula is C16H24N2O2. The molecular weight excluding hydrogens is 252 g/mol. The van der Waals surface area contributed by atoms with E-state index in [9.17, 15) is 4.79 Å². The van der Waals surface area contributed by atoms with Crippen LogP contribution >= 0.6 is 0 Å². The maximum Gasteiger partial charge on any atom is 0.270 e. The van der Waals surface area contributed by atoms with Crippen molar-refractivity contribution in [3.63, 3.8) is 0 Å². The topological polar surface area (TPSA) is 34.5 Å². The predicted molar refractivity (Wildman–Crippen MR) is 77.5 cm³/mol. The van der Waals surface area contributed by atoms with Crippen molar-refractivity contribution in [3.05, 3.63) is 24.0 Å². The third-order valence-corrected chi connectivity index (χ3v) is 4.55. The van der Waals surface area contributed by atoms with E-state index in [1.54, 1.807) is 0 Å². The number of ether oxygens (including phenoxy) is 1. The number of amides is 1. The molecule has 1 saturated carbocycles. The smallest absolute Gasteiger partial charge is 0.270 e. The fourth-order valence-electron chi connectivity index (χ4n) is 3.56. The van der Waals surface area contributed by atoms with Gasteiger partial charge in [0.2, 0.25) is 0 Å². The van der Waals surface area contributed by atoms with E-state index in [1.165, 1.54) is 6.42 Å². The van der Waals surface area contributed by atoms with Gasteiger partial charge in [0.1, 0.15) is 5.69 Å². The maximum absolute atomic E-state index is 12.7. The average Bonchev–Trinajstić information content (AvgIpc) is 3.09. The number of aryl methyl sites for hydroxylation is 1. The van der Waals surface area contributed by atoms with Gasteiger partial charge in [0.15, 0.2) is 0 Å². The van der Waals surface area contributed by atoms with Crippen LogP contribution < -0.4 is 0 Å². The summed E-state index contributed by atoms with van der Waals surface area (Å²) in [6.07, 6.45) is 4.46. The number of nitrogens with zero attached hydrogens (tertiary/aromatic N) is 2. The van der Waals surface area contributed by atoms with Gasteiger partial charge in [0, 0.05) is 32.3 Å². The van der Waals surface area contributed by atoms with E-state index in [4.69, 9.17) is 4.74 Å². The first kappa shape index (κ1) is 13.7. The van der Waals surface area contributed by atoms with Gasteiger partial charge in [-0.15, -0.1) is 0 Å². The maximum atomic E-state index is 12.7. The van der Waals surface area contributed by atoms with E-state index in [0.29, 0.717) is 11.8 Å². The molecule has 3 atom stereocenters. The molecule has 2 bridgehead atoms. The third kappa shape index (κ3) is 2.26. The van der Waals surface area contributed by atoms with E-state index in [2.05, 4.69) is 13.8 Å². The van der Waals surface area contributed by atoms with Crippen LogP contribution in [0, 0.1) is 11.8 Å². The highest BCUT2D eigenvalue weighted by atomic mass is 16.5. The van der Waals surface area contributed by atoms with E-state index in [1.807, 2.05) is 34.8 Å². The lowest BCUT2D eigenvalue weighted by Crippen LogP contribution is -2.40. The summed E-state index contributed by atoms with van der Waals surface area (Å²) in [5.74, 6) is 1.23. The lowest BCUT2D eigenvalue weighted by molar-refractivity contribution is 0.0129. The van der Waals surface area contributed by atoms with Crippen LogP contribution in [-0.4, -0.2) is 40.7 Å². The Balaban J connectivity index is 1.71. The summed E-state index contributed by atoms with van der Waals surface area (Å²) in [6, 6.07) is 4.10. The van der Waals surface area contributed by atoms with Crippen molar-refractivity contribution < 1.29 is 9.53 Å². The van der Waals surface area contributed by atoms with Gasteiger partial charge < -0.3 is 14.2 Å². The zero-order chi connectivity index (χ0) is 14.3. The van der Waals surface area contributed by atoms with Gasteiger partial charge in [0.05, 0.1) is 12.1 Å². The van der Waals surface area contributed by atoms with E-state index in [0.717, 1.165) is 25.3 Å². The zero-order valence-corrected chi connectivity index (χ0v) is 12.6. The summed E-state index contributed by atoms with van der Waals surface area (Å²) in [6.45, 7) is 5.99. The first-order valence-electron chi connectivity index (χ1n) is 7.62. The number of hydrogen-bond acceptors (Lipinski definition) is 2. The molecule has 2 heterocycles. The molecule has 20 heavy (non-hydrogen) atoms. The minimum absolute atomic E-state index is 0.155. The zero-order valence-electron chi connectivity index (χ0n) is 12.6. The molecule has 1 aliphatic heterocycles. The number of rotatable bonds is 4. The monoisotopic (exact) mass is 276 g/mol. The quantitative estimate of drug-likeness (QED) is 0.845. The van der Waals surface area contributed by atoms with Crippen molar-refractivity contribution in [2.24, 2.45) is 18.9 Å². The first-order valence-corrected chi connectivity index (χ1v) is 7.62. The third-order valence-electron chi connectivity index (χ3n) is 4.55. The summed E-state index contributed by atoms with van der Waals surface area (Å²) in [5, 5.41) is 0. The van der Waals surface area contributed by atoms with Gasteiger partial charge in [-0.3, -0.25) is 4.79 Å². The van der Waals surface area contributed by atoms with Crippen molar-refractivity contribution >= 4 is 5.91 Å². The van der Waals surface area contributed by atoms with Crippen LogP contribution in [0.2, 0.25) is 0 Å². The van der Waals surface area contributed by atoms with Crippen LogP contribution in [0.15, 0.2) is 18.3 Å². The highest BCUT2D eigenvalue weighted by Gasteiger charge is 2.49. The lowest BCUT2D eigenvalue weighted by Gasteiger charge is -2.27. The predicted octanol–water partition coefficient (Wildman–Crippen LogP) is 2.30. The molecule has 2 aliphatic rings. The summed E-state index contributed by atoms with van der Waals surface area (Å²) in [7, 11) is 1.92. The number of fused-ring (bicyclic) bond motifs is 2.